The number of nitrogens with two attached hydrogens (primary N) is 2. The summed E-state index contributed by atoms with van der Waals surface area (Å²) in [5.74, 6) is -1.80. The van der Waals surface area contributed by atoms with Crippen molar-refractivity contribution in [2.75, 3.05) is 5.32 Å². The molecule has 0 spiro atoms. The van der Waals surface area contributed by atoms with Crippen molar-refractivity contribution >= 4 is 35.0 Å². The van der Waals surface area contributed by atoms with Crippen LogP contribution in [0.4, 0.5) is 5.69 Å². The number of anilines is 1. The van der Waals surface area contributed by atoms with E-state index in [0.29, 0.717) is 21.8 Å². The van der Waals surface area contributed by atoms with Crippen LogP contribution >= 0.6 is 11.6 Å². The minimum atomic E-state index is -0.866. The Hall–Kier alpha value is -3.65. The van der Waals surface area contributed by atoms with Crippen LogP contribution in [0.5, 0.6) is 0 Å². The molecule has 0 radical (unpaired) electrons. The molecular weight excluding hydrogens is 370 g/mol. The Labute approximate surface area is 158 Å². The monoisotopic (exact) mass is 383 g/mol. The lowest BCUT2D eigenvalue weighted by atomic mass is 10.1. The number of hydrogen-bond donors (Lipinski definition) is 4. The molecule has 0 saturated carbocycles. The highest BCUT2D eigenvalue weighted by Gasteiger charge is 2.19. The van der Waals surface area contributed by atoms with E-state index in [4.69, 9.17) is 23.1 Å². The Morgan fingerprint density at radius 1 is 0.963 bits per heavy atom. The van der Waals surface area contributed by atoms with Crippen molar-refractivity contribution in [1.29, 1.82) is 0 Å². The SMILES string of the molecule is NC(=O)c1nc(-c2ccc(NC(=O)c3ccccc3Cl)cc2)[nH]c1C(N)=O. The molecule has 0 unspecified atom stereocenters. The van der Waals surface area contributed by atoms with Crippen LogP contribution in [-0.4, -0.2) is 27.7 Å². The van der Waals surface area contributed by atoms with Gasteiger partial charge >= 0.3 is 0 Å². The van der Waals surface area contributed by atoms with E-state index in [2.05, 4.69) is 15.3 Å². The fourth-order valence-corrected chi connectivity index (χ4v) is 2.64. The molecule has 0 fully saturated rings. The number of benzene rings is 2. The van der Waals surface area contributed by atoms with Crippen molar-refractivity contribution in [3.8, 4) is 11.4 Å². The van der Waals surface area contributed by atoms with Gasteiger partial charge in [0.05, 0.1) is 10.6 Å². The number of amides is 3. The van der Waals surface area contributed by atoms with Crippen LogP contribution in [0, 0.1) is 0 Å². The average molecular weight is 384 g/mol. The van der Waals surface area contributed by atoms with Gasteiger partial charge in [0.25, 0.3) is 17.7 Å². The van der Waals surface area contributed by atoms with Gasteiger partial charge in [-0.1, -0.05) is 23.7 Å². The Kier molecular flexibility index (Phi) is 4.91. The number of hydrogen-bond acceptors (Lipinski definition) is 4. The second kappa shape index (κ2) is 7.30. The lowest BCUT2D eigenvalue weighted by molar-refractivity contribution is 0.0962. The van der Waals surface area contributed by atoms with Crippen LogP contribution in [0.2, 0.25) is 5.02 Å². The first-order valence-electron chi connectivity index (χ1n) is 7.72. The van der Waals surface area contributed by atoms with Crippen LogP contribution in [-0.2, 0) is 0 Å². The molecule has 2 aromatic carbocycles. The van der Waals surface area contributed by atoms with E-state index in [1.165, 1.54) is 0 Å². The smallest absolute Gasteiger partial charge is 0.269 e. The normalized spacial score (nSPS) is 10.4. The highest BCUT2D eigenvalue weighted by atomic mass is 35.5. The van der Waals surface area contributed by atoms with Gasteiger partial charge in [-0.3, -0.25) is 14.4 Å². The van der Waals surface area contributed by atoms with E-state index in [0.717, 1.165) is 0 Å². The lowest BCUT2D eigenvalue weighted by Crippen LogP contribution is -2.20. The van der Waals surface area contributed by atoms with Crippen molar-refractivity contribution in [2.24, 2.45) is 11.5 Å². The topological polar surface area (TPSA) is 144 Å². The van der Waals surface area contributed by atoms with Crippen LogP contribution in [0.3, 0.4) is 0 Å². The third-order valence-electron chi connectivity index (χ3n) is 3.72. The van der Waals surface area contributed by atoms with Crippen molar-refractivity contribution < 1.29 is 14.4 Å². The number of H-pyrrole nitrogens is 1. The van der Waals surface area contributed by atoms with Gasteiger partial charge < -0.3 is 21.8 Å². The van der Waals surface area contributed by atoms with E-state index < -0.39 is 11.8 Å². The highest BCUT2D eigenvalue weighted by Crippen LogP contribution is 2.22. The maximum atomic E-state index is 12.3. The fraction of sp³-hybridized carbons (Fsp3) is 0. The summed E-state index contributed by atoms with van der Waals surface area (Å²) in [7, 11) is 0. The van der Waals surface area contributed by atoms with Gasteiger partial charge in [-0.05, 0) is 36.4 Å². The second-order valence-corrected chi connectivity index (χ2v) is 5.96. The number of carbonyl (C=O) groups excluding carboxylic acids is 3. The summed E-state index contributed by atoms with van der Waals surface area (Å²) < 4.78 is 0. The quantitative estimate of drug-likeness (QED) is 0.535. The summed E-state index contributed by atoms with van der Waals surface area (Å²) in [6, 6.07) is 13.3. The molecule has 3 amide bonds. The number of rotatable bonds is 5. The maximum Gasteiger partial charge on any atom is 0.269 e. The van der Waals surface area contributed by atoms with E-state index in [-0.39, 0.29) is 23.1 Å². The summed E-state index contributed by atoms with van der Waals surface area (Å²) in [5, 5.41) is 3.08. The number of imidazole rings is 1. The third-order valence-corrected chi connectivity index (χ3v) is 4.05. The number of halogens is 1. The van der Waals surface area contributed by atoms with Gasteiger partial charge in [-0.25, -0.2) is 4.98 Å². The summed E-state index contributed by atoms with van der Waals surface area (Å²) in [6.45, 7) is 0. The minimum absolute atomic E-state index is 0.159. The van der Waals surface area contributed by atoms with Crippen molar-refractivity contribution in [3.63, 3.8) is 0 Å². The molecule has 1 heterocycles. The molecule has 0 aliphatic heterocycles. The maximum absolute atomic E-state index is 12.3. The molecular formula is C18H14ClN5O3. The Bertz CT molecular complexity index is 1010. The van der Waals surface area contributed by atoms with Gasteiger partial charge in [-0.15, -0.1) is 0 Å². The zero-order valence-corrected chi connectivity index (χ0v) is 14.6. The largest absolute Gasteiger partial charge is 0.364 e. The number of carbonyl (C=O) groups is 3. The van der Waals surface area contributed by atoms with Gasteiger partial charge in [0, 0.05) is 11.3 Å². The molecule has 9 heteroatoms. The summed E-state index contributed by atoms with van der Waals surface area (Å²) >= 11 is 6.01. The summed E-state index contributed by atoms with van der Waals surface area (Å²) in [4.78, 5) is 41.7. The molecule has 8 nitrogen and oxygen atoms in total. The molecule has 6 N–H and O–H groups in total. The standard InChI is InChI=1S/C18H14ClN5O3/c19-12-4-2-1-3-11(12)18(27)22-10-7-5-9(6-8-10)17-23-13(15(20)25)14(24-17)16(21)26/h1-8H,(H2,20,25)(H2,21,26)(H,22,27)(H,23,24). The first-order chi connectivity index (χ1) is 12.9. The van der Waals surface area contributed by atoms with Gasteiger partial charge in [0.1, 0.15) is 11.5 Å². The van der Waals surface area contributed by atoms with Crippen LogP contribution in [0.15, 0.2) is 48.5 Å². The molecule has 0 aliphatic carbocycles. The number of aromatic amines is 1. The first kappa shape index (κ1) is 18.2. The minimum Gasteiger partial charge on any atom is -0.364 e. The third kappa shape index (κ3) is 3.80. The number of nitrogens with one attached hydrogen (secondary N) is 2. The molecule has 136 valence electrons. The molecule has 3 rings (SSSR count). The summed E-state index contributed by atoms with van der Waals surface area (Å²) in [5.41, 5.74) is 11.5. The van der Waals surface area contributed by atoms with Crippen LogP contribution < -0.4 is 16.8 Å². The zero-order valence-electron chi connectivity index (χ0n) is 13.8. The molecule has 0 atom stereocenters. The summed E-state index contributed by atoms with van der Waals surface area (Å²) in [6.07, 6.45) is 0. The predicted octanol–water partition coefficient (Wildman–Crippen LogP) is 2.18. The molecule has 0 saturated heterocycles. The number of nitrogens with zero attached hydrogens (tertiary/aromatic N) is 1. The van der Waals surface area contributed by atoms with Crippen LogP contribution in [0.25, 0.3) is 11.4 Å². The van der Waals surface area contributed by atoms with Gasteiger partial charge in [0.15, 0.2) is 5.69 Å². The first-order valence-corrected chi connectivity index (χ1v) is 8.10. The van der Waals surface area contributed by atoms with Gasteiger partial charge in [0.2, 0.25) is 0 Å². The lowest BCUT2D eigenvalue weighted by Gasteiger charge is -2.07. The van der Waals surface area contributed by atoms with Crippen molar-refractivity contribution in [1.82, 2.24) is 9.97 Å². The molecule has 0 bridgehead atoms. The molecule has 27 heavy (non-hydrogen) atoms. The van der Waals surface area contributed by atoms with Crippen LogP contribution in [0.1, 0.15) is 31.3 Å². The zero-order chi connectivity index (χ0) is 19.6. The fourth-order valence-electron chi connectivity index (χ4n) is 2.42. The van der Waals surface area contributed by atoms with Gasteiger partial charge in [-0.2, -0.15) is 0 Å². The Balaban J connectivity index is 1.83. The second-order valence-electron chi connectivity index (χ2n) is 5.55. The highest BCUT2D eigenvalue weighted by molar-refractivity contribution is 6.34. The van der Waals surface area contributed by atoms with Crippen molar-refractivity contribution in [2.45, 2.75) is 0 Å². The van der Waals surface area contributed by atoms with E-state index in [9.17, 15) is 14.4 Å². The Morgan fingerprint density at radius 3 is 2.19 bits per heavy atom. The van der Waals surface area contributed by atoms with E-state index in [1.807, 2.05) is 0 Å². The van der Waals surface area contributed by atoms with E-state index >= 15 is 0 Å². The molecule has 0 aliphatic rings. The Morgan fingerprint density at radius 2 is 1.63 bits per heavy atom. The predicted molar refractivity (Wildman–Crippen MR) is 100 cm³/mol. The van der Waals surface area contributed by atoms with Crippen molar-refractivity contribution in [3.05, 3.63) is 70.5 Å². The molecule has 1 aromatic heterocycles. The van der Waals surface area contributed by atoms with E-state index in [1.54, 1.807) is 48.5 Å². The number of aromatic nitrogens is 2. The number of primary amides is 2. The average Bonchev–Trinajstić information content (AvgIpc) is 3.09. The molecule has 3 aromatic rings.